The highest BCUT2D eigenvalue weighted by Gasteiger charge is 2.34. The van der Waals surface area contributed by atoms with Crippen molar-refractivity contribution >= 4 is 16.1 Å². The molecule has 0 aliphatic carbocycles. The zero-order valence-electron chi connectivity index (χ0n) is 15.1. The van der Waals surface area contributed by atoms with Crippen LogP contribution in [0.3, 0.4) is 0 Å². The molecule has 2 aliphatic rings. The lowest BCUT2D eigenvalue weighted by Gasteiger charge is -2.33. The van der Waals surface area contributed by atoms with Crippen LogP contribution in [-0.4, -0.2) is 60.6 Å². The first-order valence-corrected chi connectivity index (χ1v) is 10.9. The average molecular weight is 381 g/mol. The molecule has 2 aliphatic heterocycles. The number of aromatic nitrogens is 1. The number of carbonyl (C=O) groups excluding carboxylic acids is 1. The summed E-state index contributed by atoms with van der Waals surface area (Å²) >= 11 is 0. The summed E-state index contributed by atoms with van der Waals surface area (Å²) in [6, 6.07) is 5.70. The molecular formula is C18H28N4O3S. The van der Waals surface area contributed by atoms with E-state index in [2.05, 4.69) is 10.3 Å². The second-order valence-electron chi connectivity index (χ2n) is 7.08. The minimum absolute atomic E-state index is 0.0303. The van der Waals surface area contributed by atoms with E-state index in [9.17, 15) is 13.2 Å². The van der Waals surface area contributed by atoms with Crippen molar-refractivity contribution in [2.45, 2.75) is 38.5 Å². The van der Waals surface area contributed by atoms with Gasteiger partial charge in [-0.3, -0.25) is 9.78 Å². The molecule has 0 unspecified atom stereocenters. The van der Waals surface area contributed by atoms with Crippen LogP contribution in [0.15, 0.2) is 24.4 Å². The molecule has 7 nitrogen and oxygen atoms in total. The second-order valence-corrected chi connectivity index (χ2v) is 9.01. The van der Waals surface area contributed by atoms with Gasteiger partial charge in [-0.1, -0.05) is 6.07 Å². The quantitative estimate of drug-likeness (QED) is 0.770. The molecule has 3 rings (SSSR count). The van der Waals surface area contributed by atoms with E-state index in [4.69, 9.17) is 0 Å². The molecule has 1 aromatic rings. The number of hydrogen-bond acceptors (Lipinski definition) is 4. The maximum Gasteiger partial charge on any atom is 0.281 e. The molecule has 2 fully saturated rings. The number of hydrogen-bond donors (Lipinski definition) is 1. The molecule has 0 bridgehead atoms. The van der Waals surface area contributed by atoms with Gasteiger partial charge in [0, 0.05) is 51.0 Å². The first kappa shape index (κ1) is 19.3. The normalized spacial score (nSPS) is 20.3. The van der Waals surface area contributed by atoms with Crippen LogP contribution in [0.4, 0.5) is 0 Å². The molecule has 1 amide bonds. The first-order chi connectivity index (χ1) is 12.6. The third-order valence-electron chi connectivity index (χ3n) is 5.21. The maximum absolute atomic E-state index is 12.6. The summed E-state index contributed by atoms with van der Waals surface area (Å²) in [5, 5.41) is 2.99. The summed E-state index contributed by atoms with van der Waals surface area (Å²) in [5.74, 6) is 0.376. The van der Waals surface area contributed by atoms with E-state index in [1.165, 1.54) is 0 Å². The molecular weight excluding hydrogens is 352 g/mol. The number of aryl methyl sites for hydroxylation is 1. The minimum atomic E-state index is -3.28. The van der Waals surface area contributed by atoms with Crippen molar-refractivity contribution in [2.24, 2.45) is 5.92 Å². The number of piperidine rings is 1. The molecule has 144 valence electrons. The summed E-state index contributed by atoms with van der Waals surface area (Å²) in [5.41, 5.74) is 0.920. The Labute approximate surface area is 156 Å². The molecule has 2 saturated heterocycles. The first-order valence-electron chi connectivity index (χ1n) is 9.47. The molecule has 8 heteroatoms. The fraction of sp³-hybridized carbons (Fsp3) is 0.667. The van der Waals surface area contributed by atoms with Gasteiger partial charge in [0.15, 0.2) is 0 Å². The van der Waals surface area contributed by atoms with Crippen molar-refractivity contribution < 1.29 is 13.2 Å². The monoisotopic (exact) mass is 380 g/mol. The van der Waals surface area contributed by atoms with Crippen molar-refractivity contribution in [3.63, 3.8) is 0 Å². The maximum atomic E-state index is 12.6. The highest BCUT2D eigenvalue weighted by Crippen LogP contribution is 2.23. The van der Waals surface area contributed by atoms with E-state index in [1.807, 2.05) is 18.2 Å². The molecule has 1 aromatic heterocycles. The summed E-state index contributed by atoms with van der Waals surface area (Å²) in [6.07, 6.45) is 6.32. The van der Waals surface area contributed by atoms with E-state index in [-0.39, 0.29) is 5.91 Å². The topological polar surface area (TPSA) is 82.6 Å². The minimum Gasteiger partial charge on any atom is -0.356 e. The summed E-state index contributed by atoms with van der Waals surface area (Å²) < 4.78 is 28.3. The Balaban J connectivity index is 1.36. The van der Waals surface area contributed by atoms with Crippen molar-refractivity contribution in [3.8, 4) is 0 Å². The van der Waals surface area contributed by atoms with E-state index >= 15 is 0 Å². The van der Waals surface area contributed by atoms with Crippen LogP contribution in [0.25, 0.3) is 0 Å². The smallest absolute Gasteiger partial charge is 0.281 e. The van der Waals surface area contributed by atoms with Crippen LogP contribution in [0.1, 0.15) is 37.8 Å². The van der Waals surface area contributed by atoms with Crippen LogP contribution in [0, 0.1) is 5.92 Å². The number of amides is 1. The van der Waals surface area contributed by atoms with Gasteiger partial charge in [-0.05, 0) is 50.2 Å². The standard InChI is InChI=1S/C18H28N4O3S/c23-18(7-6-17-5-1-2-10-19-17)20-15-16-8-13-22(14-9-16)26(24,25)21-11-3-4-12-21/h1-2,5,10,16H,3-4,6-9,11-15H2,(H,20,23). The number of nitrogens with zero attached hydrogens (tertiary/aromatic N) is 3. The Morgan fingerprint density at radius 1 is 1.12 bits per heavy atom. The lowest BCUT2D eigenvalue weighted by Crippen LogP contribution is -2.47. The Bertz CT molecular complexity index is 682. The van der Waals surface area contributed by atoms with Gasteiger partial charge in [-0.25, -0.2) is 0 Å². The lowest BCUT2D eigenvalue weighted by atomic mass is 9.98. The summed E-state index contributed by atoms with van der Waals surface area (Å²) in [4.78, 5) is 16.2. The summed E-state index contributed by atoms with van der Waals surface area (Å²) in [6.45, 7) is 3.02. The van der Waals surface area contributed by atoms with Gasteiger partial charge in [0.25, 0.3) is 10.2 Å². The van der Waals surface area contributed by atoms with Gasteiger partial charge in [0.1, 0.15) is 0 Å². The van der Waals surface area contributed by atoms with Crippen LogP contribution in [0.2, 0.25) is 0 Å². The van der Waals surface area contributed by atoms with Crippen molar-refractivity contribution in [2.75, 3.05) is 32.7 Å². The molecule has 0 spiro atoms. The Hall–Kier alpha value is -1.51. The molecule has 1 N–H and O–H groups in total. The molecule has 26 heavy (non-hydrogen) atoms. The van der Waals surface area contributed by atoms with E-state index in [0.29, 0.717) is 51.5 Å². The van der Waals surface area contributed by atoms with Crippen LogP contribution in [0.5, 0.6) is 0 Å². The number of carbonyl (C=O) groups is 1. The van der Waals surface area contributed by atoms with Crippen LogP contribution >= 0.6 is 0 Å². The van der Waals surface area contributed by atoms with Crippen LogP contribution in [-0.2, 0) is 21.4 Å². The zero-order chi connectivity index (χ0) is 18.4. The van der Waals surface area contributed by atoms with Gasteiger partial charge in [0.2, 0.25) is 5.91 Å². The number of pyridine rings is 1. The fourth-order valence-corrected chi connectivity index (χ4v) is 5.28. The third-order valence-corrected chi connectivity index (χ3v) is 7.25. The predicted molar refractivity (Wildman–Crippen MR) is 99.6 cm³/mol. The largest absolute Gasteiger partial charge is 0.356 e. The fourth-order valence-electron chi connectivity index (χ4n) is 3.56. The summed E-state index contributed by atoms with van der Waals surface area (Å²) in [7, 11) is -3.28. The van der Waals surface area contributed by atoms with Gasteiger partial charge in [-0.2, -0.15) is 17.0 Å². The number of rotatable bonds is 7. The van der Waals surface area contributed by atoms with E-state index in [1.54, 1.807) is 14.8 Å². The van der Waals surface area contributed by atoms with Gasteiger partial charge in [-0.15, -0.1) is 0 Å². The zero-order valence-corrected chi connectivity index (χ0v) is 16.0. The Morgan fingerprint density at radius 3 is 2.46 bits per heavy atom. The Morgan fingerprint density at radius 2 is 1.81 bits per heavy atom. The molecule has 0 atom stereocenters. The van der Waals surface area contributed by atoms with Crippen LogP contribution < -0.4 is 5.32 Å². The van der Waals surface area contributed by atoms with E-state index in [0.717, 1.165) is 31.4 Å². The third kappa shape index (κ3) is 5.02. The predicted octanol–water partition coefficient (Wildman–Crippen LogP) is 1.18. The second kappa shape index (κ2) is 8.92. The van der Waals surface area contributed by atoms with Crippen molar-refractivity contribution in [1.82, 2.24) is 18.9 Å². The average Bonchev–Trinajstić information content (AvgIpc) is 3.21. The lowest BCUT2D eigenvalue weighted by molar-refractivity contribution is -0.121. The molecule has 3 heterocycles. The van der Waals surface area contributed by atoms with Gasteiger partial charge < -0.3 is 5.32 Å². The highest BCUT2D eigenvalue weighted by molar-refractivity contribution is 7.86. The van der Waals surface area contributed by atoms with Crippen molar-refractivity contribution in [1.29, 1.82) is 0 Å². The van der Waals surface area contributed by atoms with Crippen molar-refractivity contribution in [3.05, 3.63) is 30.1 Å². The van der Waals surface area contributed by atoms with Gasteiger partial charge in [0.05, 0.1) is 0 Å². The molecule has 0 aromatic carbocycles. The number of nitrogens with one attached hydrogen (secondary N) is 1. The molecule has 0 radical (unpaired) electrons. The van der Waals surface area contributed by atoms with E-state index < -0.39 is 10.2 Å². The Kier molecular flexibility index (Phi) is 6.61. The SMILES string of the molecule is O=C(CCc1ccccn1)NCC1CCN(S(=O)(=O)N2CCCC2)CC1. The molecule has 0 saturated carbocycles. The highest BCUT2D eigenvalue weighted by atomic mass is 32.2. The van der Waals surface area contributed by atoms with Gasteiger partial charge >= 0.3 is 0 Å².